The average Bonchev–Trinajstić information content (AvgIpc) is 3.29. The van der Waals surface area contributed by atoms with E-state index >= 15 is 0 Å². The third kappa shape index (κ3) is 12.4. The summed E-state index contributed by atoms with van der Waals surface area (Å²) < 4.78 is 68.7. The molecular formula is C41H48O21. The van der Waals surface area contributed by atoms with E-state index in [1.807, 2.05) is 0 Å². The molecule has 10 atom stereocenters. The SMILES string of the molecule is CC(=O)OC[C@H]1O[C@@H](Oc2c(OC3O[C@H](COC(C)=O)[C@@H](OC(C)=O)[C@H](OC(C)=O)[C@H]3OC(C)=O)cc3cccc(OC(C)=O)c(=O)c3c2OC(C)=O)[C@H](C)[C@@H](C)[C@@H]1OC(C)=O. The largest absolute Gasteiger partial charge is 0.463 e. The van der Waals surface area contributed by atoms with Gasteiger partial charge in [-0.1, -0.05) is 26.0 Å². The number of rotatable bonds is 14. The molecule has 21 heteroatoms. The summed E-state index contributed by atoms with van der Waals surface area (Å²) in [7, 11) is 0. The fraction of sp³-hybridized carbons (Fsp3) is 0.537. The summed E-state index contributed by atoms with van der Waals surface area (Å²) in [6.07, 6.45) is -11.8. The molecule has 0 amide bonds. The number of hydrogen-bond donors (Lipinski definition) is 0. The molecule has 2 fully saturated rings. The second-order valence-electron chi connectivity index (χ2n) is 14.3. The van der Waals surface area contributed by atoms with Crippen LogP contribution in [0.25, 0.3) is 10.8 Å². The van der Waals surface area contributed by atoms with Gasteiger partial charge in [0.2, 0.25) is 29.9 Å². The minimum Gasteiger partial charge on any atom is -0.463 e. The van der Waals surface area contributed by atoms with Crippen molar-refractivity contribution >= 4 is 58.5 Å². The van der Waals surface area contributed by atoms with Crippen LogP contribution < -0.4 is 24.4 Å². The number of carbonyl (C=O) groups is 8. The summed E-state index contributed by atoms with van der Waals surface area (Å²) >= 11 is 0. The molecule has 4 rings (SSSR count). The lowest BCUT2D eigenvalue weighted by Gasteiger charge is -2.44. The first-order chi connectivity index (χ1) is 29.1. The average molecular weight is 877 g/mol. The normalized spacial score (nSPS) is 25.5. The lowest BCUT2D eigenvalue weighted by molar-refractivity contribution is -0.289. The Morgan fingerprint density at radius 1 is 0.516 bits per heavy atom. The first-order valence-electron chi connectivity index (χ1n) is 19.2. The van der Waals surface area contributed by atoms with Gasteiger partial charge >= 0.3 is 47.8 Å². The van der Waals surface area contributed by atoms with Crippen molar-refractivity contribution in [3.05, 3.63) is 34.5 Å². The minimum absolute atomic E-state index is 0.00808. The molecule has 0 bridgehead atoms. The van der Waals surface area contributed by atoms with Crippen molar-refractivity contribution in [3.63, 3.8) is 0 Å². The van der Waals surface area contributed by atoms with Gasteiger partial charge in [0.05, 0.1) is 5.39 Å². The van der Waals surface area contributed by atoms with Gasteiger partial charge in [0, 0.05) is 67.2 Å². The van der Waals surface area contributed by atoms with Crippen molar-refractivity contribution < 1.29 is 95.2 Å². The first kappa shape index (κ1) is 48.3. The van der Waals surface area contributed by atoms with E-state index in [0.29, 0.717) is 0 Å². The molecule has 0 spiro atoms. The standard InChI is InChI=1S/C41H48O21/c1-17-18(2)40(60-30(15-51-19(3)42)34(17)54-22(6)45)62-35-29(14-27-12-11-13-28(53-21(5)44)33(50)32(27)37(35)56-24(8)47)59-41-39(58-26(10)49)38(57-25(9)48)36(55-23(7)46)31(61-41)16-52-20(4)43/h11-14,17-18,30-31,34,36,38-41H,15-16H2,1-10H3/t17-,18-,30-,31-,34+,36-,38+,39-,40+,41?/m1/s1. The Morgan fingerprint density at radius 3 is 1.55 bits per heavy atom. The van der Waals surface area contributed by atoms with E-state index in [1.165, 1.54) is 31.2 Å². The Bertz CT molecular complexity index is 2130. The molecule has 0 N–H and O–H groups in total. The topological polar surface area (TPSA) is 264 Å². The molecule has 2 aromatic carbocycles. The van der Waals surface area contributed by atoms with Gasteiger partial charge in [-0.2, -0.15) is 0 Å². The Hall–Kier alpha value is -6.35. The van der Waals surface area contributed by atoms with Crippen molar-refractivity contribution in [1.29, 1.82) is 0 Å². The maximum absolute atomic E-state index is 14.2. The van der Waals surface area contributed by atoms with Crippen molar-refractivity contribution in [2.24, 2.45) is 11.8 Å². The Morgan fingerprint density at radius 2 is 1.02 bits per heavy atom. The predicted molar refractivity (Wildman–Crippen MR) is 205 cm³/mol. The van der Waals surface area contributed by atoms with Crippen LogP contribution in [0.4, 0.5) is 0 Å². The van der Waals surface area contributed by atoms with Gasteiger partial charge in [-0.3, -0.25) is 43.2 Å². The van der Waals surface area contributed by atoms with Crippen LogP contribution in [-0.4, -0.2) is 110 Å². The third-order valence-electron chi connectivity index (χ3n) is 9.34. The van der Waals surface area contributed by atoms with Crippen molar-refractivity contribution in [2.75, 3.05) is 13.2 Å². The van der Waals surface area contributed by atoms with E-state index < -0.39 is 150 Å². The number of esters is 8. The van der Waals surface area contributed by atoms with E-state index in [0.717, 1.165) is 48.5 Å². The van der Waals surface area contributed by atoms with Crippen LogP contribution >= 0.6 is 0 Å². The van der Waals surface area contributed by atoms with Crippen LogP contribution in [0.15, 0.2) is 29.1 Å². The molecular weight excluding hydrogens is 828 g/mol. The van der Waals surface area contributed by atoms with Crippen LogP contribution in [-0.2, 0) is 76.3 Å². The molecule has 2 aliphatic heterocycles. The van der Waals surface area contributed by atoms with E-state index in [-0.39, 0.29) is 10.8 Å². The smallest absolute Gasteiger partial charge is 0.308 e. The zero-order valence-electron chi connectivity index (χ0n) is 35.6. The Kier molecular flexibility index (Phi) is 16.3. The molecule has 0 aromatic heterocycles. The number of carbonyl (C=O) groups excluding carboxylic acids is 8. The van der Waals surface area contributed by atoms with Crippen molar-refractivity contribution in [3.8, 4) is 23.0 Å². The molecule has 2 saturated heterocycles. The fourth-order valence-electron chi connectivity index (χ4n) is 6.74. The highest BCUT2D eigenvalue weighted by atomic mass is 16.8. The van der Waals surface area contributed by atoms with Crippen LogP contribution in [0.3, 0.4) is 0 Å². The lowest BCUT2D eigenvalue weighted by Crippen LogP contribution is -2.63. The maximum Gasteiger partial charge on any atom is 0.308 e. The molecule has 2 aromatic rings. The molecule has 1 unspecified atom stereocenters. The zero-order chi connectivity index (χ0) is 46.2. The second-order valence-corrected chi connectivity index (χ2v) is 14.3. The van der Waals surface area contributed by atoms with Gasteiger partial charge in [-0.25, -0.2) is 0 Å². The van der Waals surface area contributed by atoms with Crippen LogP contribution in [0.1, 0.15) is 69.2 Å². The number of hydrogen-bond acceptors (Lipinski definition) is 21. The van der Waals surface area contributed by atoms with Crippen molar-refractivity contribution in [1.82, 2.24) is 0 Å². The summed E-state index contributed by atoms with van der Waals surface area (Å²) in [6.45, 7) is 11.0. The summed E-state index contributed by atoms with van der Waals surface area (Å²) in [4.78, 5) is 113. The van der Waals surface area contributed by atoms with E-state index in [1.54, 1.807) is 13.8 Å². The molecule has 0 radical (unpaired) electrons. The molecule has 2 aliphatic rings. The highest BCUT2D eigenvalue weighted by Crippen LogP contribution is 2.47. The van der Waals surface area contributed by atoms with Crippen LogP contribution in [0, 0.1) is 11.8 Å². The van der Waals surface area contributed by atoms with Gasteiger partial charge in [-0.15, -0.1) is 0 Å². The van der Waals surface area contributed by atoms with Gasteiger partial charge in [0.1, 0.15) is 31.5 Å². The quantitative estimate of drug-likeness (QED) is 0.150. The summed E-state index contributed by atoms with van der Waals surface area (Å²) in [5.74, 6) is -9.96. The third-order valence-corrected chi connectivity index (χ3v) is 9.34. The van der Waals surface area contributed by atoms with Crippen LogP contribution in [0.5, 0.6) is 23.0 Å². The Balaban J connectivity index is 2.03. The number of fused-ring (bicyclic) bond motifs is 1. The van der Waals surface area contributed by atoms with Gasteiger partial charge < -0.3 is 56.8 Å². The van der Waals surface area contributed by atoms with Crippen molar-refractivity contribution in [2.45, 2.75) is 118 Å². The molecule has 2 heterocycles. The second kappa shape index (κ2) is 21.0. The number of benzene rings is 1. The lowest BCUT2D eigenvalue weighted by atomic mass is 9.84. The molecule has 62 heavy (non-hydrogen) atoms. The van der Waals surface area contributed by atoms with Gasteiger partial charge in [0.15, 0.2) is 29.5 Å². The van der Waals surface area contributed by atoms with E-state index in [4.69, 9.17) is 56.8 Å². The number of ether oxygens (including phenoxy) is 12. The molecule has 21 nitrogen and oxygen atoms in total. The highest BCUT2D eigenvalue weighted by molar-refractivity contribution is 5.95. The first-order valence-corrected chi connectivity index (χ1v) is 19.2. The molecule has 0 saturated carbocycles. The minimum atomic E-state index is -1.87. The van der Waals surface area contributed by atoms with E-state index in [2.05, 4.69) is 0 Å². The zero-order valence-corrected chi connectivity index (χ0v) is 35.6. The predicted octanol–water partition coefficient (Wildman–Crippen LogP) is 2.38. The summed E-state index contributed by atoms with van der Waals surface area (Å²) in [5.41, 5.74) is -0.950. The molecule has 0 aliphatic carbocycles. The Labute approximate surface area is 354 Å². The highest BCUT2D eigenvalue weighted by Gasteiger charge is 2.54. The van der Waals surface area contributed by atoms with Crippen LogP contribution in [0.2, 0.25) is 0 Å². The van der Waals surface area contributed by atoms with Gasteiger partial charge in [0.25, 0.3) is 0 Å². The maximum atomic E-state index is 14.2. The summed E-state index contributed by atoms with van der Waals surface area (Å²) in [6, 6.07) is 5.15. The summed E-state index contributed by atoms with van der Waals surface area (Å²) in [5, 5.41) is -0.373. The molecule has 338 valence electrons. The fourth-order valence-corrected chi connectivity index (χ4v) is 6.74. The van der Waals surface area contributed by atoms with Gasteiger partial charge in [-0.05, 0) is 17.5 Å². The monoisotopic (exact) mass is 876 g/mol. The van der Waals surface area contributed by atoms with E-state index in [9.17, 15) is 43.2 Å².